The summed E-state index contributed by atoms with van der Waals surface area (Å²) in [6.45, 7) is 12.1. The molecule has 1 saturated heterocycles. The van der Waals surface area contributed by atoms with Crippen molar-refractivity contribution in [2.24, 2.45) is 34.3 Å². The average molecular weight is 547 g/mol. The van der Waals surface area contributed by atoms with E-state index in [-0.39, 0.29) is 29.1 Å². The first kappa shape index (κ1) is 29.3. The molecule has 0 aromatic heterocycles. The zero-order chi connectivity index (χ0) is 28.9. The second-order valence-electron chi connectivity index (χ2n) is 14.2. The predicted molar refractivity (Wildman–Crippen MR) is 144 cm³/mol. The van der Waals surface area contributed by atoms with E-state index >= 15 is 0 Å². The van der Waals surface area contributed by atoms with E-state index in [1.165, 1.54) is 0 Å². The van der Waals surface area contributed by atoms with Crippen LogP contribution in [0.2, 0.25) is 0 Å². The second-order valence-corrected chi connectivity index (χ2v) is 14.2. The van der Waals surface area contributed by atoms with Gasteiger partial charge in [-0.2, -0.15) is 0 Å². The first-order valence-electron chi connectivity index (χ1n) is 14.5. The molecule has 39 heavy (non-hydrogen) atoms. The number of alkyl carbamates (subject to hydrolysis) is 1. The van der Waals surface area contributed by atoms with Gasteiger partial charge in [-0.1, -0.05) is 53.9 Å². The lowest BCUT2D eigenvalue weighted by atomic mass is 9.85. The van der Waals surface area contributed by atoms with Crippen molar-refractivity contribution in [3.63, 3.8) is 0 Å². The monoisotopic (exact) mass is 546 g/mol. The number of rotatable bonds is 9. The number of fused-ring (bicyclic) bond motifs is 1. The van der Waals surface area contributed by atoms with E-state index in [9.17, 15) is 24.0 Å². The number of primary amides is 1. The number of amides is 4. The third-order valence-electron chi connectivity index (χ3n) is 9.53. The summed E-state index contributed by atoms with van der Waals surface area (Å²) in [7, 11) is 0. The molecule has 4 fully saturated rings. The van der Waals surface area contributed by atoms with Crippen LogP contribution in [-0.4, -0.2) is 64.8 Å². The molecule has 0 bridgehead atoms. The van der Waals surface area contributed by atoms with Crippen molar-refractivity contribution >= 4 is 29.6 Å². The van der Waals surface area contributed by atoms with Crippen molar-refractivity contribution in [2.45, 2.75) is 117 Å². The van der Waals surface area contributed by atoms with Crippen molar-refractivity contribution < 1.29 is 28.7 Å². The molecule has 5 atom stereocenters. The molecule has 10 heteroatoms. The molecule has 0 aromatic carbocycles. The minimum absolute atomic E-state index is 0.0829. The highest BCUT2D eigenvalue weighted by Gasteiger charge is 2.70. The third-order valence-corrected chi connectivity index (χ3v) is 9.53. The van der Waals surface area contributed by atoms with Gasteiger partial charge in [0.2, 0.25) is 17.6 Å². The summed E-state index contributed by atoms with van der Waals surface area (Å²) < 4.78 is 5.82. The number of carbonyl (C=O) groups is 5. The molecule has 4 amide bonds. The number of ether oxygens (including phenoxy) is 1. The molecule has 3 aliphatic carbocycles. The Morgan fingerprint density at radius 2 is 1.62 bits per heavy atom. The highest BCUT2D eigenvalue weighted by Crippen LogP contribution is 2.65. The van der Waals surface area contributed by atoms with Gasteiger partial charge in [0, 0.05) is 6.54 Å². The first-order valence-corrected chi connectivity index (χ1v) is 14.5. The van der Waals surface area contributed by atoms with Crippen LogP contribution in [0.4, 0.5) is 4.79 Å². The lowest BCUT2D eigenvalue weighted by Crippen LogP contribution is -2.61. The number of ketones is 1. The molecule has 0 aromatic rings. The molecule has 10 nitrogen and oxygen atoms in total. The zero-order valence-electron chi connectivity index (χ0n) is 24.3. The molecule has 4 aliphatic rings. The topological polar surface area (TPSA) is 148 Å². The lowest BCUT2D eigenvalue weighted by molar-refractivity contribution is -0.145. The van der Waals surface area contributed by atoms with E-state index in [2.05, 4.69) is 24.5 Å². The Morgan fingerprint density at radius 1 is 1.00 bits per heavy atom. The van der Waals surface area contributed by atoms with E-state index in [0.29, 0.717) is 13.0 Å². The van der Waals surface area contributed by atoms with Crippen molar-refractivity contribution in [3.05, 3.63) is 0 Å². The van der Waals surface area contributed by atoms with Gasteiger partial charge in [-0.05, 0) is 67.6 Å². The van der Waals surface area contributed by atoms with Crippen LogP contribution in [0.25, 0.3) is 0 Å². The van der Waals surface area contributed by atoms with Crippen LogP contribution >= 0.6 is 0 Å². The number of hydrogen-bond donors (Lipinski definition) is 3. The van der Waals surface area contributed by atoms with E-state index in [1.54, 1.807) is 4.90 Å². The Hall–Kier alpha value is -2.65. The molecule has 4 rings (SSSR count). The number of likely N-dealkylation sites (tertiary alicyclic amines) is 1. The molecule has 4 N–H and O–H groups in total. The van der Waals surface area contributed by atoms with Gasteiger partial charge < -0.3 is 26.0 Å². The maximum atomic E-state index is 14.0. The largest absolute Gasteiger partial charge is 0.443 e. The van der Waals surface area contributed by atoms with Crippen LogP contribution in [0.3, 0.4) is 0 Å². The fourth-order valence-electron chi connectivity index (χ4n) is 6.75. The van der Waals surface area contributed by atoms with Gasteiger partial charge in [0.25, 0.3) is 5.91 Å². The molecule has 1 aliphatic heterocycles. The number of carbonyl (C=O) groups excluding carboxylic acids is 5. The molecule has 0 radical (unpaired) electrons. The summed E-state index contributed by atoms with van der Waals surface area (Å²) in [4.78, 5) is 66.5. The molecule has 1 heterocycles. The standard InChI is InChI=1S/C29H46N4O6/c1-27(2,3)22(32-26(38)39-29(6)12-8-7-9-13-29)25(37)33-15-17-19(28(17,4)5)20(33)24(36)31-18(14-16-10-11-16)21(34)23(30)35/h16-20,22H,7-15H2,1-6H3,(H2,30,35)(H,31,36)(H,32,38)/t17-,18-,19-,20-,22+/m0/s1. The van der Waals surface area contributed by atoms with Crippen LogP contribution < -0.4 is 16.4 Å². The molecule has 0 unspecified atom stereocenters. The van der Waals surface area contributed by atoms with Gasteiger partial charge in [-0.3, -0.25) is 19.2 Å². The number of nitrogens with zero attached hydrogens (tertiary/aromatic N) is 1. The summed E-state index contributed by atoms with van der Waals surface area (Å²) in [6, 6.07) is -2.72. The van der Waals surface area contributed by atoms with Crippen LogP contribution in [0.15, 0.2) is 0 Å². The van der Waals surface area contributed by atoms with E-state index in [4.69, 9.17) is 10.5 Å². The second kappa shape index (κ2) is 10.4. The molecular formula is C29H46N4O6. The summed E-state index contributed by atoms with van der Waals surface area (Å²) >= 11 is 0. The average Bonchev–Trinajstić information content (AvgIpc) is 3.68. The van der Waals surface area contributed by atoms with Gasteiger partial charge in [0.15, 0.2) is 0 Å². The van der Waals surface area contributed by atoms with Crippen molar-refractivity contribution in [2.75, 3.05) is 6.54 Å². The van der Waals surface area contributed by atoms with Crippen LogP contribution in [0.5, 0.6) is 0 Å². The Bertz CT molecular complexity index is 1020. The fraction of sp³-hybridized carbons (Fsp3) is 0.828. The Balaban J connectivity index is 1.52. The lowest BCUT2D eigenvalue weighted by Gasteiger charge is -2.39. The highest BCUT2D eigenvalue weighted by atomic mass is 16.6. The smallest absolute Gasteiger partial charge is 0.408 e. The predicted octanol–water partition coefficient (Wildman–Crippen LogP) is 2.67. The number of piperidine rings is 1. The third kappa shape index (κ3) is 6.24. The van der Waals surface area contributed by atoms with Crippen LogP contribution in [-0.2, 0) is 23.9 Å². The van der Waals surface area contributed by atoms with Crippen LogP contribution in [0.1, 0.15) is 92.9 Å². The Labute approximate surface area is 231 Å². The first-order chi connectivity index (χ1) is 18.0. The van der Waals surface area contributed by atoms with E-state index in [0.717, 1.165) is 44.9 Å². The normalized spacial score (nSPS) is 28.5. The van der Waals surface area contributed by atoms with Gasteiger partial charge in [-0.15, -0.1) is 0 Å². The molecule has 218 valence electrons. The fourth-order valence-corrected chi connectivity index (χ4v) is 6.75. The number of nitrogens with one attached hydrogen (secondary N) is 2. The van der Waals surface area contributed by atoms with Crippen molar-refractivity contribution in [1.29, 1.82) is 0 Å². The number of Topliss-reactive ketones (excluding diaryl/α,β-unsaturated/α-hetero) is 1. The maximum absolute atomic E-state index is 14.0. The molecular weight excluding hydrogens is 500 g/mol. The minimum Gasteiger partial charge on any atom is -0.443 e. The summed E-state index contributed by atoms with van der Waals surface area (Å²) in [5.74, 6) is -2.38. The number of hydrogen-bond acceptors (Lipinski definition) is 6. The summed E-state index contributed by atoms with van der Waals surface area (Å²) in [5.41, 5.74) is 3.92. The minimum atomic E-state index is -1.08. The van der Waals surface area contributed by atoms with Crippen LogP contribution in [0, 0.1) is 28.6 Å². The zero-order valence-corrected chi connectivity index (χ0v) is 24.3. The summed E-state index contributed by atoms with van der Waals surface area (Å²) in [6.07, 6.45) is 6.30. The Kier molecular flexibility index (Phi) is 7.82. The maximum Gasteiger partial charge on any atom is 0.408 e. The highest BCUT2D eigenvalue weighted by molar-refractivity contribution is 6.37. The van der Waals surface area contributed by atoms with Gasteiger partial charge >= 0.3 is 6.09 Å². The quantitative estimate of drug-likeness (QED) is 0.379. The number of nitrogens with two attached hydrogens (primary N) is 1. The van der Waals surface area contributed by atoms with Gasteiger partial charge in [-0.25, -0.2) is 4.79 Å². The van der Waals surface area contributed by atoms with Crippen molar-refractivity contribution in [3.8, 4) is 0 Å². The van der Waals surface area contributed by atoms with E-state index in [1.807, 2.05) is 27.7 Å². The van der Waals surface area contributed by atoms with Gasteiger partial charge in [0.1, 0.15) is 17.7 Å². The molecule has 3 saturated carbocycles. The summed E-state index contributed by atoms with van der Waals surface area (Å²) in [5, 5.41) is 5.60. The van der Waals surface area contributed by atoms with Gasteiger partial charge in [0.05, 0.1) is 6.04 Å². The SMILES string of the molecule is CC1(OC(=O)N[C@H](C(=O)N2C[C@H]3[C@@H]([C@H]2C(=O)N[C@@H](CC2CC2)C(=O)C(N)=O)C3(C)C)C(C)(C)C)CCCCC1. The van der Waals surface area contributed by atoms with E-state index < -0.39 is 52.8 Å². The Morgan fingerprint density at radius 3 is 2.15 bits per heavy atom. The molecule has 0 spiro atoms. The van der Waals surface area contributed by atoms with Crippen molar-refractivity contribution in [1.82, 2.24) is 15.5 Å².